The second-order valence-electron chi connectivity index (χ2n) is 4.67. The van der Waals surface area contributed by atoms with E-state index in [4.69, 9.17) is 23.2 Å². The number of nitrogens with one attached hydrogen (secondary N) is 2. The van der Waals surface area contributed by atoms with Crippen LogP contribution in [0.25, 0.3) is 0 Å². The van der Waals surface area contributed by atoms with E-state index in [1.54, 1.807) is 18.2 Å². The molecule has 7 heteroatoms. The fourth-order valence-electron chi connectivity index (χ4n) is 1.94. The molecule has 2 aromatic carbocycles. The molecule has 4 nitrogen and oxygen atoms in total. The molecule has 2 aromatic rings. The number of para-hydroxylation sites is 1. The van der Waals surface area contributed by atoms with Crippen LogP contribution in [-0.2, 0) is 4.79 Å². The molecule has 0 bridgehead atoms. The molecule has 1 unspecified atom stereocenters. The Morgan fingerprint density at radius 1 is 1.04 bits per heavy atom. The first kappa shape index (κ1) is 19.6. The molecule has 124 valence electrons. The molecular weight excluding hydrogens is 359 g/mol. The number of halogens is 3. The van der Waals surface area contributed by atoms with Gasteiger partial charge in [-0.2, -0.15) is 0 Å². The molecule has 0 heterocycles. The van der Waals surface area contributed by atoms with Gasteiger partial charge in [-0.05, 0) is 24.3 Å². The van der Waals surface area contributed by atoms with Crippen molar-refractivity contribution in [3.8, 4) is 0 Å². The normalized spacial score (nSPS) is 11.3. The summed E-state index contributed by atoms with van der Waals surface area (Å²) in [5, 5.41) is 16.5. The fraction of sp³-hybridized carbons (Fsp3) is 0.188. The summed E-state index contributed by atoms with van der Waals surface area (Å²) in [5.41, 5.74) is 1.27. The molecule has 23 heavy (non-hydrogen) atoms. The first-order valence-electron chi connectivity index (χ1n) is 6.75. The van der Waals surface area contributed by atoms with Gasteiger partial charge in [0.15, 0.2) is 0 Å². The van der Waals surface area contributed by atoms with Crippen molar-refractivity contribution in [2.24, 2.45) is 0 Å². The number of hydrogen-bond donors (Lipinski definition) is 3. The molecule has 0 spiro atoms. The van der Waals surface area contributed by atoms with Crippen molar-refractivity contribution in [1.82, 2.24) is 5.32 Å². The van der Waals surface area contributed by atoms with Gasteiger partial charge >= 0.3 is 0 Å². The summed E-state index contributed by atoms with van der Waals surface area (Å²) in [6.45, 7) is 0.158. The van der Waals surface area contributed by atoms with Crippen LogP contribution in [-0.4, -0.2) is 24.1 Å². The topological polar surface area (TPSA) is 61.4 Å². The van der Waals surface area contributed by atoms with Crippen LogP contribution < -0.4 is 10.6 Å². The van der Waals surface area contributed by atoms with Crippen LogP contribution in [0.5, 0.6) is 0 Å². The molecule has 1 atom stereocenters. The lowest BCUT2D eigenvalue weighted by atomic mass is 10.1. The lowest BCUT2D eigenvalue weighted by Gasteiger charge is -2.15. The molecule has 0 saturated heterocycles. The van der Waals surface area contributed by atoms with Gasteiger partial charge < -0.3 is 15.7 Å². The van der Waals surface area contributed by atoms with Gasteiger partial charge in [-0.25, -0.2) is 0 Å². The SMILES string of the molecule is Cl.O=C(CNc1ccccc1)NCC(O)c1c(Cl)cccc1Cl. The largest absolute Gasteiger partial charge is 0.386 e. The first-order chi connectivity index (χ1) is 10.6. The average Bonchev–Trinajstić information content (AvgIpc) is 2.52. The van der Waals surface area contributed by atoms with Crippen molar-refractivity contribution in [2.45, 2.75) is 6.10 Å². The van der Waals surface area contributed by atoms with Gasteiger partial charge in [0.25, 0.3) is 0 Å². The molecule has 0 aliphatic rings. The molecular formula is C16H17Cl3N2O2. The van der Waals surface area contributed by atoms with Crippen molar-refractivity contribution in [3.63, 3.8) is 0 Å². The monoisotopic (exact) mass is 374 g/mol. The summed E-state index contributed by atoms with van der Waals surface area (Å²) in [6, 6.07) is 14.4. The van der Waals surface area contributed by atoms with E-state index >= 15 is 0 Å². The van der Waals surface area contributed by atoms with Crippen LogP contribution in [0.15, 0.2) is 48.5 Å². The molecule has 0 aliphatic heterocycles. The zero-order chi connectivity index (χ0) is 15.9. The van der Waals surface area contributed by atoms with E-state index in [9.17, 15) is 9.90 Å². The van der Waals surface area contributed by atoms with Crippen molar-refractivity contribution in [2.75, 3.05) is 18.4 Å². The predicted octanol–water partition coefficient (Wildman–Crippen LogP) is 3.68. The van der Waals surface area contributed by atoms with Crippen LogP contribution in [0, 0.1) is 0 Å². The van der Waals surface area contributed by atoms with Gasteiger partial charge in [-0.3, -0.25) is 4.79 Å². The Hall–Kier alpha value is -1.46. The van der Waals surface area contributed by atoms with Crippen molar-refractivity contribution in [3.05, 3.63) is 64.1 Å². The number of amides is 1. The highest BCUT2D eigenvalue weighted by atomic mass is 35.5. The van der Waals surface area contributed by atoms with Crippen LogP contribution in [0.2, 0.25) is 10.0 Å². The number of rotatable bonds is 6. The Balaban J connectivity index is 0.00000264. The number of aliphatic hydroxyl groups excluding tert-OH is 1. The first-order valence-corrected chi connectivity index (χ1v) is 7.51. The number of aliphatic hydroxyl groups is 1. The molecule has 3 N–H and O–H groups in total. The quantitative estimate of drug-likeness (QED) is 0.722. The number of anilines is 1. The molecule has 0 aliphatic carbocycles. The minimum Gasteiger partial charge on any atom is -0.386 e. The maximum Gasteiger partial charge on any atom is 0.239 e. The highest BCUT2D eigenvalue weighted by molar-refractivity contribution is 6.36. The summed E-state index contributed by atoms with van der Waals surface area (Å²) in [6.07, 6.45) is -0.957. The van der Waals surface area contributed by atoms with Gasteiger partial charge in [-0.1, -0.05) is 47.5 Å². The molecule has 0 saturated carbocycles. The van der Waals surface area contributed by atoms with Gasteiger partial charge in [0.2, 0.25) is 5.91 Å². The van der Waals surface area contributed by atoms with E-state index in [1.807, 2.05) is 30.3 Å². The Labute approximate surface area is 151 Å². The van der Waals surface area contributed by atoms with Gasteiger partial charge in [-0.15, -0.1) is 12.4 Å². The number of hydrogen-bond acceptors (Lipinski definition) is 3. The van der Waals surface area contributed by atoms with E-state index in [-0.39, 0.29) is 31.4 Å². The Morgan fingerprint density at radius 3 is 2.26 bits per heavy atom. The minimum absolute atomic E-state index is 0. The summed E-state index contributed by atoms with van der Waals surface area (Å²) in [4.78, 5) is 11.8. The zero-order valence-corrected chi connectivity index (χ0v) is 14.5. The van der Waals surface area contributed by atoms with Crippen LogP contribution in [0.3, 0.4) is 0 Å². The van der Waals surface area contributed by atoms with E-state index in [1.165, 1.54) is 0 Å². The third-order valence-electron chi connectivity index (χ3n) is 3.05. The summed E-state index contributed by atoms with van der Waals surface area (Å²) < 4.78 is 0. The van der Waals surface area contributed by atoms with E-state index in [0.29, 0.717) is 15.6 Å². The fourth-order valence-corrected chi connectivity index (χ4v) is 2.59. The molecule has 1 amide bonds. The van der Waals surface area contributed by atoms with Crippen molar-refractivity contribution in [1.29, 1.82) is 0 Å². The number of carbonyl (C=O) groups excluding carboxylic acids is 1. The third-order valence-corrected chi connectivity index (χ3v) is 3.71. The minimum atomic E-state index is -0.957. The lowest BCUT2D eigenvalue weighted by molar-refractivity contribution is -0.119. The van der Waals surface area contributed by atoms with Crippen LogP contribution in [0.1, 0.15) is 11.7 Å². The maximum absolute atomic E-state index is 11.8. The zero-order valence-electron chi connectivity index (χ0n) is 12.1. The standard InChI is InChI=1S/C16H16Cl2N2O2.ClH/c17-12-7-4-8-13(18)16(12)14(21)9-20-15(22)10-19-11-5-2-1-3-6-11;/h1-8,14,19,21H,9-10H2,(H,20,22);1H. The van der Waals surface area contributed by atoms with Crippen LogP contribution >= 0.6 is 35.6 Å². The van der Waals surface area contributed by atoms with Gasteiger partial charge in [0.1, 0.15) is 0 Å². The number of benzene rings is 2. The van der Waals surface area contributed by atoms with Gasteiger partial charge in [0, 0.05) is 27.8 Å². The Morgan fingerprint density at radius 2 is 1.65 bits per heavy atom. The second-order valence-corrected chi connectivity index (χ2v) is 5.49. The third kappa shape index (κ3) is 5.92. The summed E-state index contributed by atoms with van der Waals surface area (Å²) in [7, 11) is 0. The molecule has 0 radical (unpaired) electrons. The number of carbonyl (C=O) groups is 1. The van der Waals surface area contributed by atoms with Crippen molar-refractivity contribution >= 4 is 47.2 Å². The summed E-state index contributed by atoms with van der Waals surface area (Å²) >= 11 is 12.0. The molecule has 2 rings (SSSR count). The molecule has 0 aromatic heterocycles. The Kier molecular flexibility index (Phi) is 8.20. The Bertz CT molecular complexity index is 618. The van der Waals surface area contributed by atoms with E-state index in [0.717, 1.165) is 5.69 Å². The van der Waals surface area contributed by atoms with Crippen LogP contribution in [0.4, 0.5) is 5.69 Å². The van der Waals surface area contributed by atoms with Crippen molar-refractivity contribution < 1.29 is 9.90 Å². The lowest BCUT2D eigenvalue weighted by Crippen LogP contribution is -2.33. The predicted molar refractivity (Wildman–Crippen MR) is 96.6 cm³/mol. The maximum atomic E-state index is 11.8. The summed E-state index contributed by atoms with van der Waals surface area (Å²) in [5.74, 6) is -0.230. The molecule has 0 fully saturated rings. The second kappa shape index (κ2) is 9.63. The van der Waals surface area contributed by atoms with E-state index < -0.39 is 6.10 Å². The highest BCUT2D eigenvalue weighted by Gasteiger charge is 2.16. The van der Waals surface area contributed by atoms with Gasteiger partial charge in [0.05, 0.1) is 12.6 Å². The average molecular weight is 376 g/mol. The smallest absolute Gasteiger partial charge is 0.239 e. The van der Waals surface area contributed by atoms with E-state index in [2.05, 4.69) is 10.6 Å². The highest BCUT2D eigenvalue weighted by Crippen LogP contribution is 2.29.